The second-order valence-electron chi connectivity index (χ2n) is 10.6. The summed E-state index contributed by atoms with van der Waals surface area (Å²) in [5, 5.41) is 1.03. The quantitative estimate of drug-likeness (QED) is 0.455. The van der Waals surface area contributed by atoms with Crippen LogP contribution in [-0.2, 0) is 9.84 Å². The van der Waals surface area contributed by atoms with E-state index in [0.29, 0.717) is 5.92 Å². The average Bonchev–Trinajstić information content (AvgIpc) is 3.43. The number of nitrogens with zero attached hydrogens (tertiary/aromatic N) is 4. The van der Waals surface area contributed by atoms with Crippen LogP contribution in [0, 0.1) is 5.82 Å². The fourth-order valence-electron chi connectivity index (χ4n) is 5.62. The minimum absolute atomic E-state index is 0.145. The number of halogens is 1. The lowest BCUT2D eigenvalue weighted by molar-refractivity contribution is 0.166. The molecule has 2 fully saturated rings. The Balaban J connectivity index is 1.33. The lowest BCUT2D eigenvalue weighted by Crippen LogP contribution is -2.41. The number of fused-ring (bicyclic) bond motifs is 1. The molecule has 3 aromatic rings. The van der Waals surface area contributed by atoms with Gasteiger partial charge < -0.3 is 19.3 Å². The normalized spacial score (nSPS) is 18.0. The summed E-state index contributed by atoms with van der Waals surface area (Å²) in [4.78, 5) is 19.2. The van der Waals surface area contributed by atoms with E-state index in [-0.39, 0.29) is 22.8 Å². The number of amides is 2. The molecular formula is C28H35FN4O3S. The zero-order valence-electron chi connectivity index (χ0n) is 21.7. The predicted molar refractivity (Wildman–Crippen MR) is 144 cm³/mol. The van der Waals surface area contributed by atoms with E-state index >= 15 is 0 Å². The van der Waals surface area contributed by atoms with E-state index in [9.17, 15) is 17.6 Å². The first-order valence-corrected chi connectivity index (χ1v) is 14.9. The van der Waals surface area contributed by atoms with Crippen LogP contribution in [0.25, 0.3) is 16.6 Å². The molecule has 2 aliphatic rings. The van der Waals surface area contributed by atoms with Crippen molar-refractivity contribution in [2.75, 3.05) is 45.5 Å². The van der Waals surface area contributed by atoms with Gasteiger partial charge in [0, 0.05) is 55.7 Å². The first kappa shape index (κ1) is 25.7. The number of carbonyl (C=O) groups excluding carboxylic acids is 1. The summed E-state index contributed by atoms with van der Waals surface area (Å²) in [5.41, 5.74) is 2.81. The number of hydrogen-bond donors (Lipinski definition) is 0. The van der Waals surface area contributed by atoms with Crippen molar-refractivity contribution in [2.45, 2.75) is 43.5 Å². The molecule has 2 amide bonds. The smallest absolute Gasteiger partial charge is 0.320 e. The molecule has 0 N–H and O–H groups in total. The maximum atomic E-state index is 13.6. The Morgan fingerprint density at radius 1 is 0.973 bits per heavy atom. The van der Waals surface area contributed by atoms with Crippen molar-refractivity contribution in [3.05, 3.63) is 60.0 Å². The molecule has 37 heavy (non-hydrogen) atoms. The third-order valence-electron chi connectivity index (χ3n) is 7.80. The van der Waals surface area contributed by atoms with Gasteiger partial charge in [0.1, 0.15) is 5.82 Å². The van der Waals surface area contributed by atoms with Crippen molar-refractivity contribution in [3.63, 3.8) is 0 Å². The van der Waals surface area contributed by atoms with Crippen LogP contribution in [0.4, 0.5) is 9.18 Å². The van der Waals surface area contributed by atoms with Crippen molar-refractivity contribution in [3.8, 4) is 5.69 Å². The predicted octanol–water partition coefficient (Wildman–Crippen LogP) is 4.50. The molecule has 7 nitrogen and oxygen atoms in total. The zero-order chi connectivity index (χ0) is 26.3. The van der Waals surface area contributed by atoms with Crippen molar-refractivity contribution < 1.29 is 17.6 Å². The Morgan fingerprint density at radius 3 is 2.30 bits per heavy atom. The summed E-state index contributed by atoms with van der Waals surface area (Å²) in [6.07, 6.45) is 5.28. The van der Waals surface area contributed by atoms with Crippen molar-refractivity contribution >= 4 is 26.8 Å². The highest BCUT2D eigenvalue weighted by atomic mass is 32.2. The van der Waals surface area contributed by atoms with Crippen LogP contribution in [0.3, 0.4) is 0 Å². The maximum Gasteiger partial charge on any atom is 0.320 e. The van der Waals surface area contributed by atoms with Gasteiger partial charge in [0.25, 0.3) is 0 Å². The summed E-state index contributed by atoms with van der Waals surface area (Å²) >= 11 is 0. The van der Waals surface area contributed by atoms with Gasteiger partial charge in [-0.15, -0.1) is 0 Å². The topological polar surface area (TPSA) is 65.9 Å². The van der Waals surface area contributed by atoms with Crippen LogP contribution in [0.1, 0.15) is 38.2 Å². The number of urea groups is 1. The van der Waals surface area contributed by atoms with Crippen LogP contribution in [-0.4, -0.2) is 85.3 Å². The molecule has 0 saturated carbocycles. The Kier molecular flexibility index (Phi) is 7.02. The number of benzene rings is 2. The first-order valence-electron chi connectivity index (χ1n) is 13.0. The Labute approximate surface area is 218 Å². The molecule has 0 spiro atoms. The van der Waals surface area contributed by atoms with Crippen LogP contribution in [0.2, 0.25) is 0 Å². The molecule has 2 aromatic carbocycles. The Hall–Kier alpha value is -2.91. The molecule has 198 valence electrons. The van der Waals surface area contributed by atoms with E-state index < -0.39 is 9.84 Å². The lowest BCUT2D eigenvalue weighted by atomic mass is 9.89. The molecule has 0 unspecified atom stereocenters. The number of rotatable bonds is 7. The van der Waals surface area contributed by atoms with E-state index in [0.717, 1.165) is 68.7 Å². The standard InChI is InChI=1S/C28H35FN4O3S/c1-20(2)32-17-16-31(28(32)34)15-14-30-12-10-21(11-13-30)26-19-33(23-6-4-22(29)5-7-23)27-18-24(37(3,35)36)8-9-25(26)27/h4-9,18-21H,10-17H2,1-3H3. The van der Waals surface area contributed by atoms with Gasteiger partial charge in [-0.3, -0.25) is 0 Å². The number of aromatic nitrogens is 1. The van der Waals surface area contributed by atoms with E-state index in [1.165, 1.54) is 24.0 Å². The molecule has 2 aliphatic heterocycles. The molecule has 3 heterocycles. The second kappa shape index (κ2) is 10.1. The van der Waals surface area contributed by atoms with Crippen molar-refractivity contribution in [2.24, 2.45) is 0 Å². The summed E-state index contributed by atoms with van der Waals surface area (Å²) in [6.45, 7) is 9.24. The van der Waals surface area contributed by atoms with Crippen LogP contribution < -0.4 is 0 Å². The van der Waals surface area contributed by atoms with Gasteiger partial charge in [-0.2, -0.15) is 0 Å². The van der Waals surface area contributed by atoms with Gasteiger partial charge in [0.05, 0.1) is 10.4 Å². The average molecular weight is 527 g/mol. The monoisotopic (exact) mass is 526 g/mol. The summed E-state index contributed by atoms with van der Waals surface area (Å²) in [7, 11) is -3.36. The minimum atomic E-state index is -3.36. The van der Waals surface area contributed by atoms with Gasteiger partial charge >= 0.3 is 6.03 Å². The van der Waals surface area contributed by atoms with Gasteiger partial charge in [-0.1, -0.05) is 6.07 Å². The lowest BCUT2D eigenvalue weighted by Gasteiger charge is -2.33. The van der Waals surface area contributed by atoms with E-state index in [2.05, 4.69) is 24.9 Å². The summed E-state index contributed by atoms with van der Waals surface area (Å²) in [5.74, 6) is 0.0339. The van der Waals surface area contributed by atoms with Gasteiger partial charge in [0.2, 0.25) is 0 Å². The third kappa shape index (κ3) is 5.25. The van der Waals surface area contributed by atoms with Crippen molar-refractivity contribution in [1.29, 1.82) is 0 Å². The molecule has 9 heteroatoms. The molecular weight excluding hydrogens is 491 g/mol. The van der Waals surface area contributed by atoms with Crippen LogP contribution >= 0.6 is 0 Å². The van der Waals surface area contributed by atoms with Gasteiger partial charge in [-0.25, -0.2) is 17.6 Å². The van der Waals surface area contributed by atoms with E-state index in [1.807, 2.05) is 20.4 Å². The molecule has 0 atom stereocenters. The number of hydrogen-bond acceptors (Lipinski definition) is 4. The summed E-state index contributed by atoms with van der Waals surface area (Å²) < 4.78 is 40.1. The minimum Gasteiger partial charge on any atom is -0.322 e. The number of piperidine rings is 1. The van der Waals surface area contributed by atoms with Crippen molar-refractivity contribution in [1.82, 2.24) is 19.3 Å². The zero-order valence-corrected chi connectivity index (χ0v) is 22.5. The molecule has 1 aromatic heterocycles. The highest BCUT2D eigenvalue weighted by Crippen LogP contribution is 2.36. The highest BCUT2D eigenvalue weighted by molar-refractivity contribution is 7.90. The molecule has 0 bridgehead atoms. The van der Waals surface area contributed by atoms with Crippen LogP contribution in [0.5, 0.6) is 0 Å². The van der Waals surface area contributed by atoms with Gasteiger partial charge in [0.15, 0.2) is 9.84 Å². The highest BCUT2D eigenvalue weighted by Gasteiger charge is 2.31. The fourth-order valence-corrected chi connectivity index (χ4v) is 6.26. The third-order valence-corrected chi connectivity index (χ3v) is 8.92. The number of likely N-dealkylation sites (tertiary alicyclic amines) is 1. The van der Waals surface area contributed by atoms with E-state index in [1.54, 1.807) is 24.3 Å². The second-order valence-corrected chi connectivity index (χ2v) is 12.6. The molecule has 5 rings (SSSR count). The molecule has 2 saturated heterocycles. The van der Waals surface area contributed by atoms with Crippen LogP contribution in [0.15, 0.2) is 53.6 Å². The largest absolute Gasteiger partial charge is 0.322 e. The van der Waals surface area contributed by atoms with E-state index in [4.69, 9.17) is 0 Å². The SMILES string of the molecule is CC(C)N1CCN(CCN2CCC(c3cn(-c4ccc(F)cc4)c4cc(S(C)(=O)=O)ccc34)CC2)C1=O. The number of sulfone groups is 1. The number of carbonyl (C=O) groups is 1. The van der Waals surface area contributed by atoms with Gasteiger partial charge in [-0.05, 0) is 87.7 Å². The Morgan fingerprint density at radius 2 is 1.68 bits per heavy atom. The maximum absolute atomic E-state index is 13.6. The fraction of sp³-hybridized carbons (Fsp3) is 0.464. The molecule has 0 radical (unpaired) electrons. The Bertz CT molecular complexity index is 1390. The summed E-state index contributed by atoms with van der Waals surface area (Å²) in [6, 6.07) is 12.0. The first-order chi connectivity index (χ1) is 17.6. The molecule has 0 aliphatic carbocycles.